The molecule has 0 aromatic heterocycles. The van der Waals surface area contributed by atoms with Crippen LogP contribution in [0.1, 0.15) is 0 Å². The lowest BCUT2D eigenvalue weighted by Gasteiger charge is -2.17. The summed E-state index contributed by atoms with van der Waals surface area (Å²) in [6, 6.07) is 0. The van der Waals surface area contributed by atoms with Crippen LogP contribution in [0.2, 0.25) is 0 Å². The summed E-state index contributed by atoms with van der Waals surface area (Å²) in [6.45, 7) is 0.0303. The molecular formula is C7H4Br6O4S2. The largest absolute Gasteiger partial charge is 0.460 e. The fourth-order valence-corrected chi connectivity index (χ4v) is 3.09. The monoisotopic (exact) mass is 689 g/mol. The molecule has 1 heterocycles. The second kappa shape index (κ2) is 7.39. The number of carbonyl (C=O) groups is 2. The second-order valence-corrected chi connectivity index (χ2v) is 20.5. The normalized spacial score (nSPS) is 17.8. The van der Waals surface area contributed by atoms with Gasteiger partial charge in [0.1, 0.15) is 13.2 Å². The van der Waals surface area contributed by atoms with E-state index in [-0.39, 0.29) is 13.2 Å². The SMILES string of the molecule is O=C(OCC(Br)(Br)Br)C1(C(=O)OCC(Br)(Br)Br)SS1. The van der Waals surface area contributed by atoms with Gasteiger partial charge in [-0.05, 0) is 21.6 Å². The van der Waals surface area contributed by atoms with Crippen molar-refractivity contribution in [3.8, 4) is 0 Å². The minimum Gasteiger partial charge on any atom is -0.460 e. The van der Waals surface area contributed by atoms with Crippen molar-refractivity contribution in [3.05, 3.63) is 0 Å². The summed E-state index contributed by atoms with van der Waals surface area (Å²) in [5, 5.41) is 0. The van der Waals surface area contributed by atoms with Gasteiger partial charge in [-0.25, -0.2) is 9.59 Å². The molecule has 0 radical (unpaired) electrons. The second-order valence-electron chi connectivity index (χ2n) is 3.17. The Labute approximate surface area is 167 Å². The summed E-state index contributed by atoms with van der Waals surface area (Å²) in [5.74, 6) is -1.28. The van der Waals surface area contributed by atoms with Crippen molar-refractivity contribution in [2.75, 3.05) is 13.2 Å². The maximum atomic E-state index is 11.9. The Morgan fingerprint density at radius 2 is 1.16 bits per heavy atom. The number of carbonyl (C=O) groups excluding carboxylic acids is 2. The van der Waals surface area contributed by atoms with Gasteiger partial charge in [0.15, 0.2) is 4.29 Å². The third-order valence-electron chi connectivity index (χ3n) is 1.52. The van der Waals surface area contributed by atoms with Gasteiger partial charge in [0.2, 0.25) is 0 Å². The molecular weight excluding hydrogens is 692 g/mol. The Hall–Kier alpha value is 2.52. The van der Waals surface area contributed by atoms with E-state index in [1.807, 2.05) is 0 Å². The summed E-state index contributed by atoms with van der Waals surface area (Å²) in [4.78, 5) is 23.8. The molecule has 1 aliphatic rings. The van der Waals surface area contributed by atoms with Crippen molar-refractivity contribution in [1.29, 1.82) is 0 Å². The molecule has 0 amide bonds. The Bertz CT molecular complexity index is 343. The Balaban J connectivity index is 2.52. The lowest BCUT2D eigenvalue weighted by atomic mass is 10.4. The highest BCUT2D eigenvalue weighted by atomic mass is 80.0. The summed E-state index contributed by atoms with van der Waals surface area (Å²) >= 11 is 19.2. The predicted molar refractivity (Wildman–Crippen MR) is 98.9 cm³/mol. The van der Waals surface area contributed by atoms with Crippen LogP contribution in [0.25, 0.3) is 0 Å². The van der Waals surface area contributed by atoms with Crippen LogP contribution in [0.3, 0.4) is 0 Å². The van der Waals surface area contributed by atoms with Crippen LogP contribution in [0.15, 0.2) is 0 Å². The molecule has 19 heavy (non-hydrogen) atoms. The first-order chi connectivity index (χ1) is 8.46. The molecule has 110 valence electrons. The van der Waals surface area contributed by atoms with Gasteiger partial charge in [-0.3, -0.25) is 0 Å². The fraction of sp³-hybridized carbons (Fsp3) is 0.714. The topological polar surface area (TPSA) is 52.6 Å². The van der Waals surface area contributed by atoms with Crippen molar-refractivity contribution in [1.82, 2.24) is 0 Å². The Kier molecular flexibility index (Phi) is 7.61. The van der Waals surface area contributed by atoms with Crippen LogP contribution in [0.4, 0.5) is 0 Å². The fourth-order valence-electron chi connectivity index (χ4n) is 0.746. The minimum absolute atomic E-state index is 0.0151. The van der Waals surface area contributed by atoms with E-state index in [1.165, 1.54) is 0 Å². The van der Waals surface area contributed by atoms with Crippen LogP contribution >= 0.6 is 117 Å². The molecule has 1 rings (SSSR count). The Morgan fingerprint density at radius 3 is 1.37 bits per heavy atom. The van der Waals surface area contributed by atoms with Crippen molar-refractivity contribution >= 4 is 129 Å². The first-order valence-electron chi connectivity index (χ1n) is 4.31. The maximum Gasteiger partial charge on any atom is 0.346 e. The molecule has 0 unspecified atom stereocenters. The third kappa shape index (κ3) is 7.08. The molecule has 1 fully saturated rings. The molecule has 4 nitrogen and oxygen atoms in total. The molecule has 0 aliphatic carbocycles. The van der Waals surface area contributed by atoms with Crippen molar-refractivity contribution in [2.45, 2.75) is 8.36 Å². The van der Waals surface area contributed by atoms with Gasteiger partial charge >= 0.3 is 11.9 Å². The zero-order valence-electron chi connectivity index (χ0n) is 8.63. The smallest absolute Gasteiger partial charge is 0.346 e. The van der Waals surface area contributed by atoms with E-state index in [0.717, 1.165) is 21.6 Å². The molecule has 0 aromatic carbocycles. The van der Waals surface area contributed by atoms with E-state index in [9.17, 15) is 9.59 Å². The molecule has 0 saturated carbocycles. The summed E-state index contributed by atoms with van der Waals surface area (Å²) in [6.07, 6.45) is 0. The van der Waals surface area contributed by atoms with Crippen LogP contribution in [-0.4, -0.2) is 33.5 Å². The number of rotatable bonds is 4. The zero-order chi connectivity index (χ0) is 14.9. The molecule has 12 heteroatoms. The van der Waals surface area contributed by atoms with Gasteiger partial charge < -0.3 is 9.47 Å². The number of hydrogen-bond acceptors (Lipinski definition) is 6. The third-order valence-corrected chi connectivity index (χ3v) is 5.56. The lowest BCUT2D eigenvalue weighted by molar-refractivity contribution is -0.154. The quantitative estimate of drug-likeness (QED) is 0.138. The van der Waals surface area contributed by atoms with Gasteiger partial charge in [-0.15, -0.1) is 0 Å². The van der Waals surface area contributed by atoms with E-state index in [2.05, 4.69) is 95.6 Å². The minimum atomic E-state index is -1.31. The number of hydrogen-bond donors (Lipinski definition) is 0. The Morgan fingerprint density at radius 1 is 0.842 bits per heavy atom. The van der Waals surface area contributed by atoms with Crippen LogP contribution in [-0.2, 0) is 19.1 Å². The van der Waals surface area contributed by atoms with Gasteiger partial charge in [0, 0.05) is 0 Å². The highest BCUT2D eigenvalue weighted by molar-refractivity contribution is 9.39. The van der Waals surface area contributed by atoms with E-state index in [1.54, 1.807) is 0 Å². The average Bonchev–Trinajstić information content (AvgIpc) is 3.01. The maximum absolute atomic E-state index is 11.9. The predicted octanol–water partition coefficient (Wildman–Crippen LogP) is 4.84. The molecule has 0 atom stereocenters. The van der Waals surface area contributed by atoms with Gasteiger partial charge in [0.25, 0.3) is 4.08 Å². The lowest BCUT2D eigenvalue weighted by Crippen LogP contribution is -2.36. The first-order valence-corrected chi connectivity index (χ1v) is 11.2. The zero-order valence-corrected chi connectivity index (χ0v) is 19.8. The summed E-state index contributed by atoms with van der Waals surface area (Å²) in [5.41, 5.74) is 0. The molecule has 0 aromatic rings. The van der Waals surface area contributed by atoms with Crippen LogP contribution in [0, 0.1) is 0 Å². The van der Waals surface area contributed by atoms with Gasteiger partial charge in [-0.1, -0.05) is 95.6 Å². The van der Waals surface area contributed by atoms with Crippen LogP contribution < -0.4 is 0 Å². The highest BCUT2D eigenvalue weighted by Crippen LogP contribution is 2.66. The van der Waals surface area contributed by atoms with E-state index >= 15 is 0 Å². The number of ether oxygens (including phenoxy) is 2. The molecule has 0 bridgehead atoms. The number of alkyl halides is 6. The van der Waals surface area contributed by atoms with Crippen molar-refractivity contribution < 1.29 is 19.1 Å². The van der Waals surface area contributed by atoms with Gasteiger partial charge in [-0.2, -0.15) is 0 Å². The first kappa shape index (κ1) is 19.6. The standard InChI is InChI=1S/C7H4Br6O4S2/c8-5(9,10)1-16-3(14)7(18-19-7)4(15)17-2-6(11,12)13/h1-2H2. The van der Waals surface area contributed by atoms with Crippen LogP contribution in [0.5, 0.6) is 0 Å². The molecule has 0 spiro atoms. The van der Waals surface area contributed by atoms with Gasteiger partial charge in [0.05, 0.1) is 0 Å². The molecule has 1 saturated heterocycles. The summed E-state index contributed by atoms with van der Waals surface area (Å²) in [7, 11) is 2.22. The number of halogens is 6. The van der Waals surface area contributed by atoms with Crippen molar-refractivity contribution in [3.63, 3.8) is 0 Å². The average molecular weight is 696 g/mol. The van der Waals surface area contributed by atoms with Crippen molar-refractivity contribution in [2.24, 2.45) is 0 Å². The summed E-state index contributed by atoms with van der Waals surface area (Å²) < 4.78 is 7.35. The van der Waals surface area contributed by atoms with E-state index < -0.39 is 20.3 Å². The molecule has 1 aliphatic heterocycles. The number of esters is 2. The van der Waals surface area contributed by atoms with E-state index in [0.29, 0.717) is 0 Å². The molecule has 0 N–H and O–H groups in total. The highest BCUT2D eigenvalue weighted by Gasteiger charge is 2.64. The van der Waals surface area contributed by atoms with E-state index in [4.69, 9.17) is 9.47 Å².